The van der Waals surface area contributed by atoms with Crippen LogP contribution in [0.25, 0.3) is 0 Å². The largest absolute Gasteiger partial charge is 0.276 e. The summed E-state index contributed by atoms with van der Waals surface area (Å²) in [7, 11) is 0. The summed E-state index contributed by atoms with van der Waals surface area (Å²) in [4.78, 5) is 25.2. The monoisotopic (exact) mass is 253 g/mol. The summed E-state index contributed by atoms with van der Waals surface area (Å²) in [6.07, 6.45) is 0.300. The molecule has 0 aliphatic heterocycles. The van der Waals surface area contributed by atoms with Crippen molar-refractivity contribution in [1.29, 1.82) is 0 Å². The molecule has 1 aromatic rings. The van der Waals surface area contributed by atoms with Gasteiger partial charge in [0.15, 0.2) is 0 Å². The first kappa shape index (κ1) is 13.7. The van der Waals surface area contributed by atoms with Gasteiger partial charge in [0.05, 0.1) is 10.6 Å². The summed E-state index contributed by atoms with van der Waals surface area (Å²) in [5.74, 6) is -0.526. The Balaban J connectivity index is 3.09. The van der Waals surface area contributed by atoms with E-state index in [9.17, 15) is 9.59 Å². The Morgan fingerprint density at radius 2 is 1.88 bits per heavy atom. The predicted octanol–water partition coefficient (Wildman–Crippen LogP) is 3.13. The van der Waals surface area contributed by atoms with Gasteiger partial charge in [-0.05, 0) is 26.0 Å². The van der Waals surface area contributed by atoms with E-state index in [0.29, 0.717) is 17.0 Å². The van der Waals surface area contributed by atoms with E-state index in [-0.39, 0.29) is 17.9 Å². The van der Waals surface area contributed by atoms with E-state index in [1.165, 1.54) is 4.90 Å². The standard InChI is InChI=1S/C13H16ClNO2/c1-4-12(16)15(9(2)3)13(17)10-7-5-6-8-11(10)14/h5-9H,4H2,1-3H3. The zero-order valence-electron chi connectivity index (χ0n) is 10.2. The highest BCUT2D eigenvalue weighted by atomic mass is 35.5. The highest BCUT2D eigenvalue weighted by molar-refractivity contribution is 6.34. The summed E-state index contributed by atoms with van der Waals surface area (Å²) < 4.78 is 0. The van der Waals surface area contributed by atoms with Crippen molar-refractivity contribution in [3.05, 3.63) is 34.9 Å². The molecule has 0 unspecified atom stereocenters. The third-order valence-electron chi connectivity index (χ3n) is 2.41. The number of amides is 2. The quantitative estimate of drug-likeness (QED) is 0.830. The number of carbonyl (C=O) groups excluding carboxylic acids is 2. The number of carbonyl (C=O) groups is 2. The number of hydrogen-bond acceptors (Lipinski definition) is 2. The molecule has 0 fully saturated rings. The lowest BCUT2D eigenvalue weighted by atomic mass is 10.1. The Morgan fingerprint density at radius 1 is 1.29 bits per heavy atom. The fraction of sp³-hybridized carbons (Fsp3) is 0.385. The summed E-state index contributed by atoms with van der Waals surface area (Å²) in [6.45, 7) is 5.35. The fourth-order valence-electron chi connectivity index (χ4n) is 1.57. The van der Waals surface area contributed by atoms with E-state index >= 15 is 0 Å². The predicted molar refractivity (Wildman–Crippen MR) is 68.1 cm³/mol. The maximum Gasteiger partial charge on any atom is 0.262 e. The van der Waals surface area contributed by atoms with Gasteiger partial charge >= 0.3 is 0 Å². The topological polar surface area (TPSA) is 37.4 Å². The van der Waals surface area contributed by atoms with Crippen LogP contribution >= 0.6 is 11.6 Å². The Hall–Kier alpha value is -1.35. The minimum Gasteiger partial charge on any atom is -0.276 e. The van der Waals surface area contributed by atoms with Crippen LogP contribution in [0.3, 0.4) is 0 Å². The van der Waals surface area contributed by atoms with Crippen LogP contribution in [0.15, 0.2) is 24.3 Å². The van der Waals surface area contributed by atoms with E-state index in [1.54, 1.807) is 31.2 Å². The number of benzene rings is 1. The lowest BCUT2D eigenvalue weighted by Crippen LogP contribution is -2.41. The van der Waals surface area contributed by atoms with Crippen LogP contribution in [-0.4, -0.2) is 22.8 Å². The molecule has 0 radical (unpaired) electrons. The Kier molecular flexibility index (Phi) is 4.70. The second-order valence-electron chi connectivity index (χ2n) is 4.00. The zero-order valence-corrected chi connectivity index (χ0v) is 11.0. The fourth-order valence-corrected chi connectivity index (χ4v) is 1.79. The highest BCUT2D eigenvalue weighted by Crippen LogP contribution is 2.18. The van der Waals surface area contributed by atoms with Crippen molar-refractivity contribution in [2.45, 2.75) is 33.2 Å². The van der Waals surface area contributed by atoms with E-state index in [2.05, 4.69) is 0 Å². The van der Waals surface area contributed by atoms with Gasteiger partial charge in [0.25, 0.3) is 5.91 Å². The minimum atomic E-state index is -0.336. The Morgan fingerprint density at radius 3 is 2.35 bits per heavy atom. The molecule has 3 nitrogen and oxygen atoms in total. The minimum absolute atomic E-state index is 0.175. The number of rotatable bonds is 3. The third kappa shape index (κ3) is 3.07. The summed E-state index contributed by atoms with van der Waals surface area (Å²) in [6, 6.07) is 6.58. The lowest BCUT2D eigenvalue weighted by molar-refractivity contribution is -0.129. The van der Waals surface area contributed by atoms with Gasteiger partial charge in [-0.1, -0.05) is 30.7 Å². The molecule has 0 atom stereocenters. The van der Waals surface area contributed by atoms with Crippen LogP contribution in [-0.2, 0) is 4.79 Å². The van der Waals surface area contributed by atoms with Crippen LogP contribution < -0.4 is 0 Å². The van der Waals surface area contributed by atoms with Crippen LogP contribution in [0.2, 0.25) is 5.02 Å². The molecule has 0 aliphatic rings. The second kappa shape index (κ2) is 5.82. The molecule has 0 saturated carbocycles. The average molecular weight is 254 g/mol. The normalized spacial score (nSPS) is 10.4. The molecule has 4 heteroatoms. The molecule has 2 amide bonds. The maximum atomic E-state index is 12.2. The van der Waals surface area contributed by atoms with Crippen molar-refractivity contribution in [3.63, 3.8) is 0 Å². The smallest absolute Gasteiger partial charge is 0.262 e. The van der Waals surface area contributed by atoms with Gasteiger partial charge in [0.1, 0.15) is 0 Å². The molecule has 0 aromatic heterocycles. The summed E-state index contributed by atoms with van der Waals surface area (Å²) in [5.41, 5.74) is 0.365. The lowest BCUT2D eigenvalue weighted by Gasteiger charge is -2.24. The van der Waals surface area contributed by atoms with E-state index in [4.69, 9.17) is 11.6 Å². The molecule has 92 valence electrons. The molecule has 0 saturated heterocycles. The van der Waals surface area contributed by atoms with Gasteiger partial charge in [0.2, 0.25) is 5.91 Å². The molecule has 1 rings (SSSR count). The number of imide groups is 1. The molecule has 1 aromatic carbocycles. The van der Waals surface area contributed by atoms with Gasteiger partial charge in [-0.3, -0.25) is 14.5 Å². The van der Waals surface area contributed by atoms with E-state index in [1.807, 2.05) is 13.8 Å². The van der Waals surface area contributed by atoms with Crippen LogP contribution in [0.1, 0.15) is 37.6 Å². The maximum absolute atomic E-state index is 12.2. The van der Waals surface area contributed by atoms with Gasteiger partial charge in [-0.2, -0.15) is 0 Å². The van der Waals surface area contributed by atoms with Gasteiger partial charge in [-0.15, -0.1) is 0 Å². The van der Waals surface area contributed by atoms with Gasteiger partial charge < -0.3 is 0 Å². The molecular weight excluding hydrogens is 238 g/mol. The first-order valence-electron chi connectivity index (χ1n) is 5.60. The molecule has 0 N–H and O–H groups in total. The van der Waals surface area contributed by atoms with Crippen molar-refractivity contribution >= 4 is 23.4 Å². The van der Waals surface area contributed by atoms with Crippen molar-refractivity contribution < 1.29 is 9.59 Å². The van der Waals surface area contributed by atoms with Crippen molar-refractivity contribution in [2.24, 2.45) is 0 Å². The van der Waals surface area contributed by atoms with Gasteiger partial charge in [-0.25, -0.2) is 0 Å². The third-order valence-corrected chi connectivity index (χ3v) is 2.74. The van der Waals surface area contributed by atoms with Crippen molar-refractivity contribution in [2.75, 3.05) is 0 Å². The average Bonchev–Trinajstić information content (AvgIpc) is 2.28. The molecule has 0 spiro atoms. The summed E-state index contributed by atoms with van der Waals surface area (Å²) in [5, 5.41) is 0.368. The second-order valence-corrected chi connectivity index (χ2v) is 4.40. The van der Waals surface area contributed by atoms with Crippen LogP contribution in [0.5, 0.6) is 0 Å². The Bertz CT molecular complexity index is 429. The molecule has 0 heterocycles. The first-order chi connectivity index (χ1) is 7.99. The van der Waals surface area contributed by atoms with Crippen molar-refractivity contribution in [3.8, 4) is 0 Å². The first-order valence-corrected chi connectivity index (χ1v) is 5.97. The SMILES string of the molecule is CCC(=O)N(C(=O)c1ccccc1Cl)C(C)C. The molecular formula is C13H16ClNO2. The highest BCUT2D eigenvalue weighted by Gasteiger charge is 2.25. The molecule has 17 heavy (non-hydrogen) atoms. The molecule has 0 aliphatic carbocycles. The van der Waals surface area contributed by atoms with Gasteiger partial charge in [0, 0.05) is 12.5 Å². The summed E-state index contributed by atoms with van der Waals surface area (Å²) >= 11 is 5.96. The number of hydrogen-bond donors (Lipinski definition) is 0. The van der Waals surface area contributed by atoms with Crippen molar-refractivity contribution in [1.82, 2.24) is 4.90 Å². The molecule has 0 bridgehead atoms. The number of nitrogens with zero attached hydrogens (tertiary/aromatic N) is 1. The van der Waals surface area contributed by atoms with Crippen LogP contribution in [0.4, 0.5) is 0 Å². The number of halogens is 1. The van der Waals surface area contributed by atoms with E-state index < -0.39 is 0 Å². The van der Waals surface area contributed by atoms with Crippen LogP contribution in [0, 0.1) is 0 Å². The zero-order chi connectivity index (χ0) is 13.0. The van der Waals surface area contributed by atoms with E-state index in [0.717, 1.165) is 0 Å². The Labute approximate surface area is 106 Å².